The highest BCUT2D eigenvalue weighted by Gasteiger charge is 2.16. The zero-order valence-corrected chi connectivity index (χ0v) is 12.0. The minimum atomic E-state index is -0.0411. The number of nitrogens with two attached hydrogens (primary N) is 1. The molecule has 1 unspecified atom stereocenters. The van der Waals surface area contributed by atoms with E-state index in [4.69, 9.17) is 5.73 Å². The molecule has 0 aliphatic carbocycles. The monoisotopic (exact) mass is 273 g/mol. The van der Waals surface area contributed by atoms with Crippen molar-refractivity contribution in [3.05, 3.63) is 35.9 Å². The van der Waals surface area contributed by atoms with E-state index in [-0.39, 0.29) is 5.91 Å². The van der Waals surface area contributed by atoms with Crippen LogP contribution in [0.15, 0.2) is 30.3 Å². The van der Waals surface area contributed by atoms with Crippen molar-refractivity contribution in [1.82, 2.24) is 10.2 Å². The minimum absolute atomic E-state index is 0.0411. The van der Waals surface area contributed by atoms with Crippen molar-refractivity contribution in [3.8, 4) is 0 Å². The molecule has 2 rings (SSSR count). The van der Waals surface area contributed by atoms with Crippen LogP contribution in [0, 0.1) is 5.92 Å². The number of benzene rings is 1. The van der Waals surface area contributed by atoms with Gasteiger partial charge in [0.15, 0.2) is 0 Å². The first kappa shape index (κ1) is 14.6. The number of carbonyl (C=O) groups excluding carboxylic acids is 1. The lowest BCUT2D eigenvalue weighted by Crippen LogP contribution is -2.38. The van der Waals surface area contributed by atoms with E-state index in [0.29, 0.717) is 11.6 Å². The molecular formula is C16H23N3O. The number of anilines is 1. The Morgan fingerprint density at radius 1 is 1.55 bits per heavy atom. The summed E-state index contributed by atoms with van der Waals surface area (Å²) in [5.74, 6) is 0.527. The summed E-state index contributed by atoms with van der Waals surface area (Å²) in [6, 6.07) is 7.48. The number of nitrogens with one attached hydrogen (secondary N) is 1. The largest absolute Gasteiger partial charge is 0.399 e. The van der Waals surface area contributed by atoms with Crippen molar-refractivity contribution in [2.24, 2.45) is 5.92 Å². The maximum Gasteiger partial charge on any atom is 0.244 e. The van der Waals surface area contributed by atoms with Crippen LogP contribution in [0.4, 0.5) is 5.69 Å². The fraction of sp³-hybridized carbons (Fsp3) is 0.438. The number of likely N-dealkylation sites (tertiary alicyclic amines) is 1. The molecule has 1 saturated heterocycles. The van der Waals surface area contributed by atoms with Gasteiger partial charge in [-0.15, -0.1) is 0 Å². The van der Waals surface area contributed by atoms with Crippen LogP contribution in [0.5, 0.6) is 0 Å². The van der Waals surface area contributed by atoms with E-state index in [9.17, 15) is 4.79 Å². The molecule has 1 aliphatic rings. The Hall–Kier alpha value is -1.81. The first-order chi connectivity index (χ1) is 9.63. The standard InChI is InChI=1S/C16H23N3O/c1-19-9-3-5-14(12-19)11-18-16(20)8-7-13-4-2-6-15(17)10-13/h2,4,6-8,10,14H,3,5,9,11-12,17H2,1H3,(H,18,20)/b8-7+. The molecule has 1 atom stereocenters. The molecule has 1 heterocycles. The first-order valence-electron chi connectivity index (χ1n) is 7.13. The van der Waals surface area contributed by atoms with Gasteiger partial charge in [0.05, 0.1) is 0 Å². The minimum Gasteiger partial charge on any atom is -0.399 e. The second-order valence-electron chi connectivity index (χ2n) is 5.52. The Bertz CT molecular complexity index is 484. The highest BCUT2D eigenvalue weighted by molar-refractivity contribution is 5.91. The average Bonchev–Trinajstić information content (AvgIpc) is 2.43. The Labute approximate surface area is 120 Å². The third-order valence-electron chi connectivity index (χ3n) is 3.62. The van der Waals surface area contributed by atoms with Gasteiger partial charge in [-0.2, -0.15) is 0 Å². The number of hydrogen-bond acceptors (Lipinski definition) is 3. The topological polar surface area (TPSA) is 58.4 Å². The third-order valence-corrected chi connectivity index (χ3v) is 3.62. The Balaban J connectivity index is 1.77. The van der Waals surface area contributed by atoms with Crippen molar-refractivity contribution >= 4 is 17.7 Å². The number of carbonyl (C=O) groups is 1. The summed E-state index contributed by atoms with van der Waals surface area (Å²) in [5.41, 5.74) is 7.34. The maximum absolute atomic E-state index is 11.8. The van der Waals surface area contributed by atoms with Gasteiger partial charge in [0, 0.05) is 24.9 Å². The van der Waals surface area contributed by atoms with Crippen LogP contribution in [0.3, 0.4) is 0 Å². The molecule has 0 spiro atoms. The molecular weight excluding hydrogens is 250 g/mol. The maximum atomic E-state index is 11.8. The van der Waals surface area contributed by atoms with Crippen molar-refractivity contribution in [2.45, 2.75) is 12.8 Å². The molecule has 3 N–H and O–H groups in total. The molecule has 1 aromatic carbocycles. The number of amides is 1. The summed E-state index contributed by atoms with van der Waals surface area (Å²) in [5, 5.41) is 2.97. The van der Waals surface area contributed by atoms with Crippen LogP contribution < -0.4 is 11.1 Å². The van der Waals surface area contributed by atoms with Gasteiger partial charge < -0.3 is 16.0 Å². The molecule has 0 radical (unpaired) electrons. The highest BCUT2D eigenvalue weighted by atomic mass is 16.1. The van der Waals surface area contributed by atoms with E-state index >= 15 is 0 Å². The van der Waals surface area contributed by atoms with Crippen LogP contribution in [0.25, 0.3) is 6.08 Å². The summed E-state index contributed by atoms with van der Waals surface area (Å²) in [6.45, 7) is 2.99. The van der Waals surface area contributed by atoms with Gasteiger partial charge in [0.2, 0.25) is 5.91 Å². The summed E-state index contributed by atoms with van der Waals surface area (Å²) in [4.78, 5) is 14.1. The van der Waals surface area contributed by atoms with Gasteiger partial charge in [0.25, 0.3) is 0 Å². The van der Waals surface area contributed by atoms with E-state index in [1.165, 1.54) is 19.4 Å². The summed E-state index contributed by atoms with van der Waals surface area (Å²) in [6.07, 6.45) is 5.78. The molecule has 1 fully saturated rings. The van der Waals surface area contributed by atoms with Gasteiger partial charge >= 0.3 is 0 Å². The van der Waals surface area contributed by atoms with Gasteiger partial charge in [-0.25, -0.2) is 0 Å². The number of rotatable bonds is 4. The highest BCUT2D eigenvalue weighted by Crippen LogP contribution is 2.13. The van der Waals surface area contributed by atoms with Crippen LogP contribution in [0.1, 0.15) is 18.4 Å². The SMILES string of the molecule is CN1CCCC(CNC(=O)/C=C/c2cccc(N)c2)C1. The van der Waals surface area contributed by atoms with Gasteiger partial charge in [-0.1, -0.05) is 12.1 Å². The second kappa shape index (κ2) is 7.10. The molecule has 0 aromatic heterocycles. The zero-order valence-electron chi connectivity index (χ0n) is 12.0. The van der Waals surface area contributed by atoms with Crippen LogP contribution in [-0.4, -0.2) is 37.5 Å². The van der Waals surface area contributed by atoms with Crippen LogP contribution >= 0.6 is 0 Å². The van der Waals surface area contributed by atoms with Crippen molar-refractivity contribution < 1.29 is 4.79 Å². The molecule has 1 aromatic rings. The lowest BCUT2D eigenvalue weighted by Gasteiger charge is -2.29. The van der Waals surface area contributed by atoms with Crippen molar-refractivity contribution in [1.29, 1.82) is 0 Å². The summed E-state index contributed by atoms with van der Waals surface area (Å²) in [7, 11) is 2.13. The molecule has 4 nitrogen and oxygen atoms in total. The zero-order chi connectivity index (χ0) is 14.4. The number of piperidine rings is 1. The molecule has 20 heavy (non-hydrogen) atoms. The number of nitrogens with zero attached hydrogens (tertiary/aromatic N) is 1. The van der Waals surface area contributed by atoms with E-state index in [1.807, 2.05) is 24.3 Å². The van der Waals surface area contributed by atoms with E-state index in [0.717, 1.165) is 18.7 Å². The first-order valence-corrected chi connectivity index (χ1v) is 7.13. The summed E-state index contributed by atoms with van der Waals surface area (Å²) >= 11 is 0. The molecule has 0 saturated carbocycles. The van der Waals surface area contributed by atoms with E-state index in [1.54, 1.807) is 12.2 Å². The number of hydrogen-bond donors (Lipinski definition) is 2. The predicted molar refractivity (Wildman–Crippen MR) is 83.1 cm³/mol. The normalized spacial score (nSPS) is 20.1. The molecule has 1 aliphatic heterocycles. The molecule has 0 bridgehead atoms. The van der Waals surface area contributed by atoms with E-state index in [2.05, 4.69) is 17.3 Å². The number of nitrogen functional groups attached to an aromatic ring is 1. The molecule has 108 valence electrons. The van der Waals surface area contributed by atoms with Crippen LogP contribution in [0.2, 0.25) is 0 Å². The van der Waals surface area contributed by atoms with Crippen molar-refractivity contribution in [3.63, 3.8) is 0 Å². The predicted octanol–water partition coefficient (Wildman–Crippen LogP) is 1.74. The molecule has 1 amide bonds. The van der Waals surface area contributed by atoms with Crippen molar-refractivity contribution in [2.75, 3.05) is 32.4 Å². The Morgan fingerprint density at radius 3 is 3.15 bits per heavy atom. The lowest BCUT2D eigenvalue weighted by molar-refractivity contribution is -0.116. The lowest BCUT2D eigenvalue weighted by atomic mass is 9.98. The van der Waals surface area contributed by atoms with Gasteiger partial charge in [-0.3, -0.25) is 4.79 Å². The average molecular weight is 273 g/mol. The van der Waals surface area contributed by atoms with Gasteiger partial charge in [-0.05, 0) is 56.1 Å². The molecule has 4 heteroatoms. The third kappa shape index (κ3) is 4.70. The van der Waals surface area contributed by atoms with Crippen LogP contribution in [-0.2, 0) is 4.79 Å². The Kier molecular flexibility index (Phi) is 5.18. The Morgan fingerprint density at radius 2 is 2.40 bits per heavy atom. The quantitative estimate of drug-likeness (QED) is 0.649. The van der Waals surface area contributed by atoms with E-state index < -0.39 is 0 Å². The second-order valence-corrected chi connectivity index (χ2v) is 5.52. The fourth-order valence-corrected chi connectivity index (χ4v) is 2.58. The van der Waals surface area contributed by atoms with Gasteiger partial charge in [0.1, 0.15) is 0 Å². The smallest absolute Gasteiger partial charge is 0.244 e. The summed E-state index contributed by atoms with van der Waals surface area (Å²) < 4.78 is 0. The fourth-order valence-electron chi connectivity index (χ4n) is 2.58.